The molecule has 8 nitrogen and oxygen atoms in total. The van der Waals surface area contributed by atoms with E-state index >= 15 is 0 Å². The summed E-state index contributed by atoms with van der Waals surface area (Å²) in [7, 11) is -3.10. The SMILES string of the molecule is O=S(=O)(NC[C@@H]1CC[C@@H](c2nnc3cnc4[nH]ccc4n23)C1)C1CC1. The number of fused-ring (bicyclic) bond motifs is 3. The highest BCUT2D eigenvalue weighted by molar-refractivity contribution is 7.90. The summed E-state index contributed by atoms with van der Waals surface area (Å²) in [5, 5.41) is 8.52. The van der Waals surface area contributed by atoms with Gasteiger partial charge in [0.25, 0.3) is 0 Å². The van der Waals surface area contributed by atoms with Gasteiger partial charge < -0.3 is 4.98 Å². The van der Waals surface area contributed by atoms with E-state index in [1.54, 1.807) is 6.20 Å². The van der Waals surface area contributed by atoms with E-state index in [9.17, 15) is 8.42 Å². The number of rotatable bonds is 5. The van der Waals surface area contributed by atoms with Gasteiger partial charge in [-0.05, 0) is 44.1 Å². The standard InChI is InChI=1S/C16H20N6O2S/c23-25(24,12-3-4-12)19-8-10-1-2-11(7-10)16-21-20-14-9-18-15-13(22(14)16)5-6-17-15/h5-6,9-12,17,19H,1-4,7-8H2/t10-,11-/m1/s1. The third kappa shape index (κ3) is 2.62. The fourth-order valence-corrected chi connectivity index (χ4v) is 5.35. The number of hydrogen-bond donors (Lipinski definition) is 2. The monoisotopic (exact) mass is 360 g/mol. The van der Waals surface area contributed by atoms with E-state index < -0.39 is 10.0 Å². The molecule has 0 spiro atoms. The van der Waals surface area contributed by atoms with Gasteiger partial charge in [0.1, 0.15) is 5.82 Å². The van der Waals surface area contributed by atoms with Crippen molar-refractivity contribution in [2.45, 2.75) is 43.3 Å². The van der Waals surface area contributed by atoms with Crippen LogP contribution in [0.5, 0.6) is 0 Å². The highest BCUT2D eigenvalue weighted by Gasteiger charge is 2.37. The minimum Gasteiger partial charge on any atom is -0.345 e. The van der Waals surface area contributed by atoms with Gasteiger partial charge in [0.15, 0.2) is 11.3 Å². The summed E-state index contributed by atoms with van der Waals surface area (Å²) in [4.78, 5) is 7.46. The summed E-state index contributed by atoms with van der Waals surface area (Å²) in [5.74, 6) is 1.61. The largest absolute Gasteiger partial charge is 0.345 e. The van der Waals surface area contributed by atoms with Crippen LogP contribution in [0.2, 0.25) is 0 Å². The molecule has 3 aromatic heterocycles. The Labute approximate surface area is 145 Å². The molecule has 2 aliphatic carbocycles. The molecule has 2 aliphatic rings. The third-order valence-electron chi connectivity index (χ3n) is 5.41. The quantitative estimate of drug-likeness (QED) is 0.718. The van der Waals surface area contributed by atoms with Crippen molar-refractivity contribution in [1.29, 1.82) is 0 Å². The first-order valence-corrected chi connectivity index (χ1v) is 10.3. The number of sulfonamides is 1. The van der Waals surface area contributed by atoms with Crippen LogP contribution in [0.25, 0.3) is 16.8 Å². The van der Waals surface area contributed by atoms with Crippen LogP contribution in [0, 0.1) is 5.92 Å². The predicted molar refractivity (Wildman–Crippen MR) is 92.7 cm³/mol. The van der Waals surface area contributed by atoms with E-state index in [1.165, 1.54) is 0 Å². The predicted octanol–water partition coefficient (Wildman–Crippen LogP) is 1.57. The summed E-state index contributed by atoms with van der Waals surface area (Å²) in [6, 6.07) is 1.98. The van der Waals surface area contributed by atoms with Crippen molar-refractivity contribution in [2.75, 3.05) is 6.54 Å². The van der Waals surface area contributed by atoms with E-state index in [2.05, 4.69) is 29.3 Å². The Hall–Kier alpha value is -2.00. The smallest absolute Gasteiger partial charge is 0.214 e. The van der Waals surface area contributed by atoms with Crippen LogP contribution in [0.15, 0.2) is 18.5 Å². The summed E-state index contributed by atoms with van der Waals surface area (Å²) < 4.78 is 28.9. The summed E-state index contributed by atoms with van der Waals surface area (Å²) in [6.07, 6.45) is 8.14. The molecule has 0 aromatic carbocycles. The van der Waals surface area contributed by atoms with E-state index in [-0.39, 0.29) is 5.25 Å². The van der Waals surface area contributed by atoms with E-state index in [1.807, 2.05) is 12.3 Å². The van der Waals surface area contributed by atoms with Gasteiger partial charge in [-0.2, -0.15) is 0 Å². The highest BCUT2D eigenvalue weighted by Crippen LogP contribution is 2.38. The molecule has 2 atom stereocenters. The van der Waals surface area contributed by atoms with E-state index in [0.717, 1.165) is 54.7 Å². The lowest BCUT2D eigenvalue weighted by atomic mass is 10.0. The Kier molecular flexibility index (Phi) is 3.36. The Morgan fingerprint density at radius 3 is 2.96 bits per heavy atom. The Morgan fingerprint density at radius 1 is 1.24 bits per heavy atom. The second-order valence-electron chi connectivity index (χ2n) is 7.19. The van der Waals surface area contributed by atoms with Crippen molar-refractivity contribution in [2.24, 2.45) is 5.92 Å². The lowest BCUT2D eigenvalue weighted by Crippen LogP contribution is -2.31. The van der Waals surface area contributed by atoms with E-state index in [0.29, 0.717) is 18.4 Å². The molecule has 0 bridgehead atoms. The molecular weight excluding hydrogens is 340 g/mol. The molecule has 3 aromatic rings. The van der Waals surface area contributed by atoms with Gasteiger partial charge in [0, 0.05) is 18.7 Å². The zero-order valence-electron chi connectivity index (χ0n) is 13.7. The van der Waals surface area contributed by atoms with Crippen molar-refractivity contribution >= 4 is 26.8 Å². The molecular formula is C16H20N6O2S. The van der Waals surface area contributed by atoms with Gasteiger partial charge >= 0.3 is 0 Å². The Balaban J connectivity index is 1.36. The number of hydrogen-bond acceptors (Lipinski definition) is 5. The molecule has 0 unspecified atom stereocenters. The Morgan fingerprint density at radius 2 is 2.12 bits per heavy atom. The lowest BCUT2D eigenvalue weighted by Gasteiger charge is -2.12. The van der Waals surface area contributed by atoms with Gasteiger partial charge in [-0.1, -0.05) is 0 Å². The molecule has 9 heteroatoms. The van der Waals surface area contributed by atoms with Crippen molar-refractivity contribution in [1.82, 2.24) is 29.3 Å². The third-order valence-corrected chi connectivity index (χ3v) is 7.33. The second kappa shape index (κ2) is 5.50. The zero-order valence-corrected chi connectivity index (χ0v) is 14.5. The summed E-state index contributed by atoms with van der Waals surface area (Å²) >= 11 is 0. The molecule has 5 rings (SSSR count). The van der Waals surface area contributed by atoms with E-state index in [4.69, 9.17) is 0 Å². The number of nitrogens with one attached hydrogen (secondary N) is 2. The number of nitrogens with zero attached hydrogens (tertiary/aromatic N) is 4. The lowest BCUT2D eigenvalue weighted by molar-refractivity contribution is 0.509. The summed E-state index contributed by atoms with van der Waals surface area (Å²) in [5.41, 5.74) is 2.55. The van der Waals surface area contributed by atoms with Gasteiger partial charge in [-0.15, -0.1) is 10.2 Å². The maximum absolute atomic E-state index is 12.0. The summed E-state index contributed by atoms with van der Waals surface area (Å²) in [6.45, 7) is 0.535. The molecule has 132 valence electrons. The van der Waals surface area contributed by atoms with Gasteiger partial charge in [0.2, 0.25) is 10.0 Å². The maximum atomic E-state index is 12.0. The van der Waals surface area contributed by atoms with Crippen LogP contribution in [0.3, 0.4) is 0 Å². The van der Waals surface area contributed by atoms with Crippen LogP contribution in [0.1, 0.15) is 43.8 Å². The second-order valence-corrected chi connectivity index (χ2v) is 9.24. The number of aromatic nitrogens is 5. The fourth-order valence-electron chi connectivity index (χ4n) is 3.89. The van der Waals surface area contributed by atoms with Crippen LogP contribution in [-0.2, 0) is 10.0 Å². The highest BCUT2D eigenvalue weighted by atomic mass is 32.2. The topological polar surface area (TPSA) is 105 Å². The van der Waals surface area contributed by atoms with Crippen LogP contribution >= 0.6 is 0 Å². The minimum absolute atomic E-state index is 0.153. The van der Waals surface area contributed by atoms with Gasteiger partial charge in [-0.25, -0.2) is 18.1 Å². The molecule has 25 heavy (non-hydrogen) atoms. The molecule has 0 amide bonds. The normalized spacial score (nSPS) is 24.5. The molecule has 0 radical (unpaired) electrons. The van der Waals surface area contributed by atoms with Crippen molar-refractivity contribution in [3.8, 4) is 0 Å². The van der Waals surface area contributed by atoms with Crippen molar-refractivity contribution < 1.29 is 8.42 Å². The van der Waals surface area contributed by atoms with Crippen LogP contribution in [0.4, 0.5) is 0 Å². The first-order valence-electron chi connectivity index (χ1n) is 8.77. The number of H-pyrrole nitrogens is 1. The molecule has 3 heterocycles. The van der Waals surface area contributed by atoms with Crippen LogP contribution in [-0.4, -0.2) is 44.8 Å². The molecule has 2 fully saturated rings. The van der Waals surface area contributed by atoms with Crippen molar-refractivity contribution in [3.63, 3.8) is 0 Å². The minimum atomic E-state index is -3.10. The molecule has 0 aliphatic heterocycles. The Bertz CT molecular complexity index is 1040. The maximum Gasteiger partial charge on any atom is 0.214 e. The molecule has 0 saturated heterocycles. The first-order chi connectivity index (χ1) is 12.1. The zero-order chi connectivity index (χ0) is 17.0. The molecule has 2 N–H and O–H groups in total. The van der Waals surface area contributed by atoms with Crippen LogP contribution < -0.4 is 4.72 Å². The number of aromatic amines is 1. The average Bonchev–Trinajstić information content (AvgIpc) is 3.03. The van der Waals surface area contributed by atoms with Gasteiger partial charge in [0.05, 0.1) is 17.0 Å². The fraction of sp³-hybridized carbons (Fsp3) is 0.562. The van der Waals surface area contributed by atoms with Crippen molar-refractivity contribution in [3.05, 3.63) is 24.3 Å². The first kappa shape index (κ1) is 15.3. The van der Waals surface area contributed by atoms with Gasteiger partial charge in [-0.3, -0.25) is 4.40 Å². The molecule has 2 saturated carbocycles. The average molecular weight is 360 g/mol.